The van der Waals surface area contributed by atoms with Crippen molar-refractivity contribution in [2.75, 3.05) is 31.7 Å². The van der Waals surface area contributed by atoms with E-state index in [1.54, 1.807) is 17.0 Å². The highest BCUT2D eigenvalue weighted by molar-refractivity contribution is 8.25. The number of ether oxygens (including phenoxy) is 1. The lowest BCUT2D eigenvalue weighted by Crippen LogP contribution is -2.69. The molecule has 1 aromatic rings. The van der Waals surface area contributed by atoms with E-state index >= 15 is 0 Å². The van der Waals surface area contributed by atoms with Crippen molar-refractivity contribution in [2.24, 2.45) is 5.92 Å². The van der Waals surface area contributed by atoms with Crippen molar-refractivity contribution in [1.29, 1.82) is 0 Å². The molecule has 0 aliphatic carbocycles. The number of methoxy groups -OCH3 is 1. The van der Waals surface area contributed by atoms with Crippen molar-refractivity contribution in [2.45, 2.75) is 11.6 Å². The molecule has 32 heavy (non-hydrogen) atoms. The molecule has 0 aromatic heterocycles. The third-order valence-corrected chi connectivity index (χ3v) is 7.18. The number of hydroxylamine groups is 1. The van der Waals surface area contributed by atoms with Gasteiger partial charge in [-0.05, 0) is 36.1 Å². The van der Waals surface area contributed by atoms with Crippen LogP contribution in [0.3, 0.4) is 0 Å². The molecule has 10 nitrogen and oxygen atoms in total. The Bertz CT molecular complexity index is 1010. The van der Waals surface area contributed by atoms with Crippen LogP contribution in [0.15, 0.2) is 24.3 Å². The van der Waals surface area contributed by atoms with Gasteiger partial charge in [-0.15, -0.1) is 0 Å². The van der Waals surface area contributed by atoms with Crippen LogP contribution in [-0.2, 0) is 14.3 Å². The second-order valence-electron chi connectivity index (χ2n) is 7.60. The number of rotatable bonds is 6. The summed E-state index contributed by atoms with van der Waals surface area (Å²) in [7, 11) is -1.61. The van der Waals surface area contributed by atoms with Gasteiger partial charge in [0.1, 0.15) is 11.6 Å². The first-order valence-corrected chi connectivity index (χ1v) is 11.4. The summed E-state index contributed by atoms with van der Waals surface area (Å²) in [5.41, 5.74) is 1.00. The van der Waals surface area contributed by atoms with E-state index in [0.717, 1.165) is 6.41 Å². The smallest absolute Gasteiger partial charge is 0.269 e. The number of nitrogens with one attached hydrogen (secondary N) is 2. The number of carbonyl (C=O) groups excluding carboxylic acids is 3. The summed E-state index contributed by atoms with van der Waals surface area (Å²) in [5, 5.41) is 11.5. The van der Waals surface area contributed by atoms with E-state index in [1.807, 2.05) is 0 Å². The van der Waals surface area contributed by atoms with Crippen molar-refractivity contribution in [3.05, 3.63) is 35.4 Å². The summed E-state index contributed by atoms with van der Waals surface area (Å²) in [6, 6.07) is 4.94. The standard InChI is InChI=1S/C21H23N3O7S/c1-31-21(12-32(29,30)13-21)18(20(27)23-28)22-19(26)17-8-6-15(7-9-17)4-2-3-5-16-10-24(11-16)14-25/h6-9,14,16,18,28-30H,10-13H2,1H3,(H,22,26)(H,23,27). The lowest BCUT2D eigenvalue weighted by Gasteiger charge is -2.56. The molecule has 11 heteroatoms. The second-order valence-corrected chi connectivity index (χ2v) is 9.78. The molecule has 2 fully saturated rings. The Kier molecular flexibility index (Phi) is 7.09. The van der Waals surface area contributed by atoms with Crippen molar-refractivity contribution >= 4 is 28.8 Å². The van der Waals surface area contributed by atoms with Crippen molar-refractivity contribution in [3.8, 4) is 23.7 Å². The van der Waals surface area contributed by atoms with E-state index in [-0.39, 0.29) is 23.0 Å². The maximum atomic E-state index is 12.6. The molecule has 0 saturated carbocycles. The molecule has 5 N–H and O–H groups in total. The normalized spacial score (nSPS) is 19.9. The van der Waals surface area contributed by atoms with Gasteiger partial charge in [-0.25, -0.2) is 5.48 Å². The minimum absolute atomic E-state index is 0.138. The zero-order valence-corrected chi connectivity index (χ0v) is 18.0. The Hall–Kier alpha value is -3.06. The van der Waals surface area contributed by atoms with Gasteiger partial charge in [-0.1, -0.05) is 11.8 Å². The molecule has 2 aliphatic heterocycles. The van der Waals surface area contributed by atoms with E-state index in [1.165, 1.54) is 24.7 Å². The van der Waals surface area contributed by atoms with E-state index in [4.69, 9.17) is 9.94 Å². The number of nitrogens with zero attached hydrogens (tertiary/aromatic N) is 1. The van der Waals surface area contributed by atoms with Gasteiger partial charge in [0.25, 0.3) is 11.8 Å². The maximum Gasteiger partial charge on any atom is 0.269 e. The van der Waals surface area contributed by atoms with Gasteiger partial charge < -0.3 is 15.0 Å². The van der Waals surface area contributed by atoms with Crippen LogP contribution in [0.25, 0.3) is 0 Å². The number of carbonyl (C=O) groups is 3. The van der Waals surface area contributed by atoms with Gasteiger partial charge in [0, 0.05) is 31.3 Å². The lowest BCUT2D eigenvalue weighted by atomic mass is 9.95. The van der Waals surface area contributed by atoms with Crippen LogP contribution in [0.2, 0.25) is 0 Å². The highest BCUT2D eigenvalue weighted by atomic mass is 32.3. The van der Waals surface area contributed by atoms with Gasteiger partial charge >= 0.3 is 0 Å². The topological polar surface area (TPSA) is 148 Å². The van der Waals surface area contributed by atoms with Crippen LogP contribution < -0.4 is 10.8 Å². The minimum atomic E-state index is -2.89. The van der Waals surface area contributed by atoms with E-state index in [0.29, 0.717) is 18.7 Å². The van der Waals surface area contributed by atoms with Crippen molar-refractivity contribution in [1.82, 2.24) is 15.7 Å². The first-order valence-electron chi connectivity index (χ1n) is 9.56. The molecule has 1 aromatic carbocycles. The van der Waals surface area contributed by atoms with Crippen LogP contribution in [0, 0.1) is 29.6 Å². The number of hydrogen-bond donors (Lipinski definition) is 5. The largest absolute Gasteiger partial charge is 0.372 e. The quantitative estimate of drug-likeness (QED) is 0.172. The summed E-state index contributed by atoms with van der Waals surface area (Å²) in [6.45, 7) is 1.22. The SMILES string of the molecule is COC1(C(NC(=O)c2ccc(C#CC#CC3CN(C=O)C3)cc2)C(=O)NO)CS(O)(O)C1. The molecule has 2 heterocycles. The maximum absolute atomic E-state index is 12.6. The Labute approximate surface area is 186 Å². The highest BCUT2D eigenvalue weighted by Crippen LogP contribution is 2.56. The average Bonchev–Trinajstić information content (AvgIpc) is 2.73. The van der Waals surface area contributed by atoms with Crippen molar-refractivity contribution in [3.63, 3.8) is 0 Å². The molecular formula is C21H23N3O7S. The fourth-order valence-electron chi connectivity index (χ4n) is 3.49. The minimum Gasteiger partial charge on any atom is -0.372 e. The molecule has 0 spiro atoms. The summed E-state index contributed by atoms with van der Waals surface area (Å²) in [5.74, 6) is 9.43. The third-order valence-electron chi connectivity index (χ3n) is 5.28. The molecule has 0 bridgehead atoms. The first kappa shape index (κ1) is 23.6. The number of hydrogen-bond acceptors (Lipinski definition) is 7. The number of benzene rings is 1. The molecular weight excluding hydrogens is 438 g/mol. The first-order chi connectivity index (χ1) is 15.2. The molecule has 1 atom stereocenters. The van der Waals surface area contributed by atoms with E-state index in [9.17, 15) is 23.5 Å². The number of likely N-dealkylation sites (tertiary alicyclic amines) is 1. The average molecular weight is 461 g/mol. The molecule has 170 valence electrons. The predicted molar refractivity (Wildman–Crippen MR) is 116 cm³/mol. The molecule has 2 aliphatic rings. The summed E-state index contributed by atoms with van der Waals surface area (Å²) in [6.07, 6.45) is 0.786. The molecule has 2 saturated heterocycles. The van der Waals surface area contributed by atoms with Crippen LogP contribution >= 0.6 is 10.6 Å². The Morgan fingerprint density at radius 3 is 2.44 bits per heavy atom. The van der Waals surface area contributed by atoms with Crippen LogP contribution in [0.5, 0.6) is 0 Å². The summed E-state index contributed by atoms with van der Waals surface area (Å²) in [4.78, 5) is 36.9. The fourth-order valence-corrected chi connectivity index (χ4v) is 5.54. The molecule has 3 amide bonds. The van der Waals surface area contributed by atoms with Gasteiger partial charge in [0.2, 0.25) is 6.41 Å². The monoisotopic (exact) mass is 461 g/mol. The fraction of sp³-hybridized carbons (Fsp3) is 0.381. The lowest BCUT2D eigenvalue weighted by molar-refractivity contribution is -0.139. The number of amides is 3. The highest BCUT2D eigenvalue weighted by Gasteiger charge is 2.57. The second kappa shape index (κ2) is 9.61. The van der Waals surface area contributed by atoms with Crippen LogP contribution in [0.1, 0.15) is 15.9 Å². The molecule has 0 radical (unpaired) electrons. The van der Waals surface area contributed by atoms with Crippen LogP contribution in [-0.4, -0.2) is 80.8 Å². The molecule has 3 rings (SSSR count). The van der Waals surface area contributed by atoms with Gasteiger partial charge in [-0.3, -0.25) is 28.7 Å². The van der Waals surface area contributed by atoms with Crippen LogP contribution in [0.4, 0.5) is 0 Å². The van der Waals surface area contributed by atoms with Gasteiger partial charge in [-0.2, -0.15) is 10.6 Å². The van der Waals surface area contributed by atoms with E-state index < -0.39 is 34.0 Å². The third kappa shape index (κ3) is 5.22. The zero-order chi connectivity index (χ0) is 23.4. The Morgan fingerprint density at radius 2 is 1.91 bits per heavy atom. The zero-order valence-electron chi connectivity index (χ0n) is 17.2. The van der Waals surface area contributed by atoms with Gasteiger partial charge in [0.05, 0.1) is 17.4 Å². The Morgan fingerprint density at radius 1 is 1.25 bits per heavy atom. The summed E-state index contributed by atoms with van der Waals surface area (Å²) >= 11 is 0. The summed E-state index contributed by atoms with van der Waals surface area (Å²) < 4.78 is 24.8. The van der Waals surface area contributed by atoms with Crippen molar-refractivity contribution < 1.29 is 33.4 Å². The van der Waals surface area contributed by atoms with E-state index in [2.05, 4.69) is 29.0 Å². The Balaban J connectivity index is 1.63. The molecule has 1 unspecified atom stereocenters. The van der Waals surface area contributed by atoms with Gasteiger partial charge in [0.15, 0.2) is 0 Å². The predicted octanol–water partition coefficient (Wildman–Crippen LogP) is -0.117.